The number of rotatable bonds is 5. The van der Waals surface area contributed by atoms with Crippen molar-refractivity contribution in [1.82, 2.24) is 19.4 Å². The second kappa shape index (κ2) is 7.78. The average Bonchev–Trinajstić information content (AvgIpc) is 3.28. The van der Waals surface area contributed by atoms with Gasteiger partial charge in [-0.2, -0.15) is 0 Å². The van der Waals surface area contributed by atoms with Gasteiger partial charge in [0.15, 0.2) is 0 Å². The van der Waals surface area contributed by atoms with Crippen LogP contribution in [0.15, 0.2) is 30.7 Å². The monoisotopic (exact) mass is 380 g/mol. The SMILES string of the molecule is CN(C(=O)c1cccc2c1CN(CCc1cn(C)cn1)C2=O)C1CCCCC1. The smallest absolute Gasteiger partial charge is 0.254 e. The fourth-order valence-corrected chi connectivity index (χ4v) is 4.44. The minimum absolute atomic E-state index is 0.0147. The highest BCUT2D eigenvalue weighted by atomic mass is 16.2. The Bertz CT molecular complexity index is 882. The molecule has 0 unspecified atom stereocenters. The zero-order valence-electron chi connectivity index (χ0n) is 16.7. The first kappa shape index (κ1) is 18.7. The molecule has 0 atom stereocenters. The lowest BCUT2D eigenvalue weighted by Gasteiger charge is -2.31. The number of fused-ring (bicyclic) bond motifs is 1. The van der Waals surface area contributed by atoms with E-state index in [1.165, 1.54) is 19.3 Å². The van der Waals surface area contributed by atoms with Crippen molar-refractivity contribution in [2.24, 2.45) is 7.05 Å². The molecule has 6 heteroatoms. The Kier molecular flexibility index (Phi) is 5.20. The van der Waals surface area contributed by atoms with E-state index >= 15 is 0 Å². The fraction of sp³-hybridized carbons (Fsp3) is 0.500. The van der Waals surface area contributed by atoms with E-state index in [1.54, 1.807) is 6.33 Å². The van der Waals surface area contributed by atoms with Gasteiger partial charge in [-0.05, 0) is 30.5 Å². The first-order valence-electron chi connectivity index (χ1n) is 10.2. The zero-order valence-corrected chi connectivity index (χ0v) is 16.7. The van der Waals surface area contributed by atoms with E-state index in [0.29, 0.717) is 36.7 Å². The summed E-state index contributed by atoms with van der Waals surface area (Å²) in [6, 6.07) is 5.86. The zero-order chi connectivity index (χ0) is 19.7. The van der Waals surface area contributed by atoms with Crippen LogP contribution in [0.25, 0.3) is 0 Å². The maximum absolute atomic E-state index is 13.2. The van der Waals surface area contributed by atoms with Crippen molar-refractivity contribution in [3.63, 3.8) is 0 Å². The molecular formula is C22H28N4O2. The van der Waals surface area contributed by atoms with Gasteiger partial charge in [-0.1, -0.05) is 25.3 Å². The molecule has 0 spiro atoms. The number of aryl methyl sites for hydroxylation is 1. The summed E-state index contributed by atoms with van der Waals surface area (Å²) in [5.41, 5.74) is 3.20. The lowest BCUT2D eigenvalue weighted by atomic mass is 9.93. The molecule has 0 N–H and O–H groups in total. The van der Waals surface area contributed by atoms with Crippen molar-refractivity contribution < 1.29 is 9.59 Å². The van der Waals surface area contributed by atoms with Gasteiger partial charge in [-0.25, -0.2) is 4.98 Å². The Hall–Kier alpha value is -2.63. The van der Waals surface area contributed by atoms with Crippen LogP contribution < -0.4 is 0 Å². The molecule has 1 aromatic heterocycles. The number of aromatic nitrogens is 2. The van der Waals surface area contributed by atoms with Gasteiger partial charge in [-0.15, -0.1) is 0 Å². The highest BCUT2D eigenvalue weighted by Crippen LogP contribution is 2.29. The van der Waals surface area contributed by atoms with Gasteiger partial charge in [-0.3, -0.25) is 9.59 Å². The number of nitrogens with zero attached hydrogens (tertiary/aromatic N) is 4. The van der Waals surface area contributed by atoms with E-state index in [1.807, 2.05) is 52.9 Å². The minimum Gasteiger partial charge on any atom is -0.340 e. The van der Waals surface area contributed by atoms with E-state index in [9.17, 15) is 9.59 Å². The standard InChI is InChI=1S/C22H28N4O2/c1-24-13-16(23-15-24)11-12-26-14-20-18(9-6-10-19(20)22(26)28)21(27)25(2)17-7-4-3-5-8-17/h6,9-10,13,15,17H,3-5,7-8,11-12,14H2,1-2H3. The summed E-state index contributed by atoms with van der Waals surface area (Å²) >= 11 is 0. The van der Waals surface area contributed by atoms with Gasteiger partial charge < -0.3 is 14.4 Å². The maximum Gasteiger partial charge on any atom is 0.254 e. The van der Waals surface area contributed by atoms with Crippen molar-refractivity contribution in [3.8, 4) is 0 Å². The van der Waals surface area contributed by atoms with Crippen molar-refractivity contribution >= 4 is 11.8 Å². The normalized spacial score (nSPS) is 17.1. The summed E-state index contributed by atoms with van der Waals surface area (Å²) in [4.78, 5) is 34.1. The Labute approximate surface area is 166 Å². The van der Waals surface area contributed by atoms with Crippen LogP contribution in [0.1, 0.15) is 64.1 Å². The molecule has 1 aliphatic heterocycles. The molecule has 0 bridgehead atoms. The van der Waals surface area contributed by atoms with E-state index < -0.39 is 0 Å². The highest BCUT2D eigenvalue weighted by Gasteiger charge is 2.32. The van der Waals surface area contributed by atoms with Crippen LogP contribution in [0.5, 0.6) is 0 Å². The third kappa shape index (κ3) is 3.55. The third-order valence-electron chi connectivity index (χ3n) is 6.11. The van der Waals surface area contributed by atoms with Crippen molar-refractivity contribution in [1.29, 1.82) is 0 Å². The summed E-state index contributed by atoms with van der Waals surface area (Å²) in [6.07, 6.45) is 10.3. The molecule has 1 aromatic carbocycles. The predicted molar refractivity (Wildman–Crippen MR) is 107 cm³/mol. The van der Waals surface area contributed by atoms with E-state index in [4.69, 9.17) is 0 Å². The lowest BCUT2D eigenvalue weighted by Crippen LogP contribution is -2.38. The van der Waals surface area contributed by atoms with Crippen LogP contribution in [-0.4, -0.2) is 50.8 Å². The quantitative estimate of drug-likeness (QED) is 0.801. The molecule has 148 valence electrons. The van der Waals surface area contributed by atoms with Gasteiger partial charge in [0.2, 0.25) is 0 Å². The van der Waals surface area contributed by atoms with Gasteiger partial charge in [0.1, 0.15) is 0 Å². The summed E-state index contributed by atoms with van der Waals surface area (Å²) < 4.78 is 1.91. The van der Waals surface area contributed by atoms with E-state index in [0.717, 1.165) is 24.1 Å². The summed E-state index contributed by atoms with van der Waals surface area (Å²) in [6.45, 7) is 1.11. The largest absolute Gasteiger partial charge is 0.340 e. The minimum atomic E-state index is 0.0147. The summed E-state index contributed by atoms with van der Waals surface area (Å²) in [5.74, 6) is 0.0593. The summed E-state index contributed by atoms with van der Waals surface area (Å²) in [5, 5.41) is 0. The number of benzene rings is 1. The molecule has 2 aromatic rings. The second-order valence-electron chi connectivity index (χ2n) is 8.05. The topological polar surface area (TPSA) is 58.4 Å². The molecule has 2 amide bonds. The highest BCUT2D eigenvalue weighted by molar-refractivity contribution is 6.04. The molecule has 0 radical (unpaired) electrons. The van der Waals surface area contributed by atoms with Crippen molar-refractivity contribution in [2.75, 3.05) is 13.6 Å². The first-order chi connectivity index (χ1) is 13.5. The molecule has 1 saturated carbocycles. The third-order valence-corrected chi connectivity index (χ3v) is 6.11. The number of amides is 2. The molecule has 1 fully saturated rings. The van der Waals surface area contributed by atoms with Crippen LogP contribution in [0.3, 0.4) is 0 Å². The van der Waals surface area contributed by atoms with Crippen LogP contribution >= 0.6 is 0 Å². The van der Waals surface area contributed by atoms with Gasteiger partial charge >= 0.3 is 0 Å². The molecule has 4 rings (SSSR count). The molecular weight excluding hydrogens is 352 g/mol. The van der Waals surface area contributed by atoms with E-state index in [-0.39, 0.29) is 11.8 Å². The summed E-state index contributed by atoms with van der Waals surface area (Å²) in [7, 11) is 3.85. The fourth-order valence-electron chi connectivity index (χ4n) is 4.44. The average molecular weight is 380 g/mol. The Balaban J connectivity index is 1.49. The predicted octanol–water partition coefficient (Wildman–Crippen LogP) is 3.02. The molecule has 28 heavy (non-hydrogen) atoms. The van der Waals surface area contributed by atoms with Gasteiger partial charge in [0.05, 0.1) is 12.0 Å². The molecule has 2 heterocycles. The Morgan fingerprint density at radius 1 is 1.25 bits per heavy atom. The lowest BCUT2D eigenvalue weighted by molar-refractivity contribution is 0.0692. The molecule has 1 aliphatic carbocycles. The number of hydrogen-bond acceptors (Lipinski definition) is 3. The molecule has 0 saturated heterocycles. The second-order valence-corrected chi connectivity index (χ2v) is 8.05. The number of imidazole rings is 1. The Morgan fingerprint density at radius 2 is 2.04 bits per heavy atom. The van der Waals surface area contributed by atoms with Gasteiger partial charge in [0.25, 0.3) is 11.8 Å². The van der Waals surface area contributed by atoms with Crippen LogP contribution in [0, 0.1) is 0 Å². The van der Waals surface area contributed by atoms with Crippen molar-refractivity contribution in [3.05, 3.63) is 53.1 Å². The molecule has 2 aliphatic rings. The van der Waals surface area contributed by atoms with Crippen LogP contribution in [0.2, 0.25) is 0 Å². The number of hydrogen-bond donors (Lipinski definition) is 0. The first-order valence-corrected chi connectivity index (χ1v) is 10.2. The van der Waals surface area contributed by atoms with Gasteiger partial charge in [0, 0.05) is 57.0 Å². The number of carbonyl (C=O) groups is 2. The van der Waals surface area contributed by atoms with Crippen molar-refractivity contribution in [2.45, 2.75) is 51.1 Å². The van der Waals surface area contributed by atoms with Crippen LogP contribution in [-0.2, 0) is 20.0 Å². The Morgan fingerprint density at radius 3 is 2.75 bits per heavy atom. The van der Waals surface area contributed by atoms with E-state index in [2.05, 4.69) is 4.98 Å². The number of carbonyl (C=O) groups excluding carboxylic acids is 2. The maximum atomic E-state index is 13.2. The molecule has 6 nitrogen and oxygen atoms in total. The van der Waals surface area contributed by atoms with Crippen LogP contribution in [0.4, 0.5) is 0 Å².